The number of amides is 3. The number of aliphatic carboxylic acids is 1. The lowest BCUT2D eigenvalue weighted by atomic mass is 10.0. The van der Waals surface area contributed by atoms with Gasteiger partial charge in [-0.25, -0.2) is 9.59 Å². The molecule has 1 rings (SSSR count). The topological polar surface area (TPSA) is 141 Å². The molecule has 10 nitrogen and oxygen atoms in total. The number of ketones is 1. The fourth-order valence-electron chi connectivity index (χ4n) is 4.87. The maximum absolute atomic E-state index is 12.1. The summed E-state index contributed by atoms with van der Waals surface area (Å²) in [6.07, 6.45) is 16.3. The van der Waals surface area contributed by atoms with Crippen LogP contribution in [0.2, 0.25) is 0 Å². The third-order valence-corrected chi connectivity index (χ3v) is 7.41. The number of Topliss-reactive ketones (excluding diaryl/α,β-unsaturated/α-hetero) is 1. The van der Waals surface area contributed by atoms with Gasteiger partial charge in [-0.1, -0.05) is 57.9 Å². The highest BCUT2D eigenvalue weighted by Gasteiger charge is 2.18. The van der Waals surface area contributed by atoms with Crippen LogP contribution in [0.3, 0.4) is 0 Å². The molecule has 0 bridgehead atoms. The summed E-state index contributed by atoms with van der Waals surface area (Å²) < 4.78 is 0. The van der Waals surface area contributed by atoms with Crippen molar-refractivity contribution in [2.24, 2.45) is 0 Å². The molecule has 1 aromatic rings. The zero-order chi connectivity index (χ0) is 31.5. The number of pyridine rings is 1. The zero-order valence-corrected chi connectivity index (χ0v) is 26.7. The van der Waals surface area contributed by atoms with E-state index in [1.807, 2.05) is 25.3 Å². The fraction of sp³-hybridized carbons (Fsp3) is 0.727. The number of nitrogens with one attached hydrogen (secondary N) is 3. The molecular formula is C33H57N5O5. The molecule has 10 heteroatoms. The molecule has 1 aromatic heterocycles. The number of hydrogen-bond donors (Lipinski definition) is 4. The van der Waals surface area contributed by atoms with Crippen molar-refractivity contribution in [2.45, 2.75) is 129 Å². The van der Waals surface area contributed by atoms with Gasteiger partial charge >= 0.3 is 12.0 Å². The number of rotatable bonds is 27. The first-order valence-corrected chi connectivity index (χ1v) is 16.5. The Balaban J connectivity index is 1.86. The molecule has 4 N–H and O–H groups in total. The van der Waals surface area contributed by atoms with E-state index < -0.39 is 18.0 Å². The molecule has 0 aliphatic rings. The van der Waals surface area contributed by atoms with Gasteiger partial charge in [0, 0.05) is 45.1 Å². The van der Waals surface area contributed by atoms with Gasteiger partial charge in [0.25, 0.3) is 0 Å². The van der Waals surface area contributed by atoms with E-state index in [-0.39, 0.29) is 5.91 Å². The zero-order valence-electron chi connectivity index (χ0n) is 26.7. The van der Waals surface area contributed by atoms with Crippen molar-refractivity contribution >= 4 is 23.7 Å². The first-order valence-electron chi connectivity index (χ1n) is 16.5. The summed E-state index contributed by atoms with van der Waals surface area (Å²) in [5.41, 5.74) is 1.10. The van der Waals surface area contributed by atoms with Crippen LogP contribution in [-0.4, -0.2) is 71.4 Å². The van der Waals surface area contributed by atoms with Crippen molar-refractivity contribution in [1.29, 1.82) is 0 Å². The van der Waals surface area contributed by atoms with Gasteiger partial charge in [-0.15, -0.1) is 0 Å². The number of nitrogens with zero attached hydrogens (tertiary/aromatic N) is 2. The molecule has 0 aliphatic carbocycles. The lowest BCUT2D eigenvalue weighted by molar-refractivity contribution is -0.139. The van der Waals surface area contributed by atoms with Gasteiger partial charge in [0.1, 0.15) is 11.8 Å². The second-order valence-corrected chi connectivity index (χ2v) is 11.5. The summed E-state index contributed by atoms with van der Waals surface area (Å²) >= 11 is 0. The number of urea groups is 1. The van der Waals surface area contributed by atoms with E-state index >= 15 is 0 Å². The maximum Gasteiger partial charge on any atom is 0.326 e. The molecule has 244 valence electrons. The van der Waals surface area contributed by atoms with Gasteiger partial charge in [0.05, 0.1) is 5.69 Å². The Morgan fingerprint density at radius 1 is 0.814 bits per heavy atom. The van der Waals surface area contributed by atoms with Gasteiger partial charge in [-0.3, -0.25) is 14.6 Å². The quantitative estimate of drug-likeness (QED) is 0.0959. The number of carboxylic acids is 1. The Hall–Kier alpha value is -3.01. The Kier molecular flexibility index (Phi) is 22.5. The van der Waals surface area contributed by atoms with Gasteiger partial charge in [-0.05, 0) is 70.7 Å². The van der Waals surface area contributed by atoms with Crippen LogP contribution in [0.25, 0.3) is 0 Å². The Bertz CT molecular complexity index is 899. The van der Waals surface area contributed by atoms with E-state index in [0.29, 0.717) is 44.4 Å². The Labute approximate surface area is 259 Å². The van der Waals surface area contributed by atoms with Crippen LogP contribution < -0.4 is 16.0 Å². The summed E-state index contributed by atoms with van der Waals surface area (Å²) in [4.78, 5) is 53.7. The maximum atomic E-state index is 12.1. The van der Waals surface area contributed by atoms with Crippen molar-refractivity contribution in [1.82, 2.24) is 25.8 Å². The highest BCUT2D eigenvalue weighted by molar-refractivity contribution is 5.82. The molecule has 43 heavy (non-hydrogen) atoms. The lowest BCUT2D eigenvalue weighted by Crippen LogP contribution is -2.46. The van der Waals surface area contributed by atoms with Crippen LogP contribution >= 0.6 is 0 Å². The molecular weight excluding hydrogens is 546 g/mol. The molecule has 1 atom stereocenters. The third kappa shape index (κ3) is 22.2. The number of aromatic nitrogens is 1. The van der Waals surface area contributed by atoms with E-state index in [4.69, 9.17) is 5.11 Å². The number of carbonyl (C=O) groups is 4. The van der Waals surface area contributed by atoms with Gasteiger partial charge in [-0.2, -0.15) is 0 Å². The number of carboxylic acid groups (broad SMARTS) is 1. The van der Waals surface area contributed by atoms with E-state index in [1.54, 1.807) is 0 Å². The molecule has 0 spiro atoms. The van der Waals surface area contributed by atoms with Crippen molar-refractivity contribution in [3.05, 3.63) is 30.1 Å². The number of unbranched alkanes of at least 4 members (excludes halogenated alkanes) is 9. The predicted octanol–water partition coefficient (Wildman–Crippen LogP) is 5.60. The van der Waals surface area contributed by atoms with Crippen LogP contribution in [-0.2, 0) is 20.9 Å². The molecule has 0 radical (unpaired) electrons. The highest BCUT2D eigenvalue weighted by atomic mass is 16.4. The van der Waals surface area contributed by atoms with Crippen LogP contribution in [0, 0.1) is 0 Å². The average molecular weight is 604 g/mol. The number of carbonyl (C=O) groups excluding carboxylic acids is 3. The standard InChI is InChI=1S/C33H57N5O5/c1-3-18-30(32(41)42)37-33(43)36-25-15-7-6-11-21-29(39)20-10-4-5-12-22-31(40)35-24-14-8-9-17-26-38(2)27-28-19-13-16-23-34-28/h13,16,19,23,30H,3-12,14-15,17-18,20-22,24-27H2,1-2H3,(H,35,40)(H,41,42)(H2,36,37,43). The second-order valence-electron chi connectivity index (χ2n) is 11.5. The number of hydrogen-bond acceptors (Lipinski definition) is 6. The van der Waals surface area contributed by atoms with Crippen LogP contribution in [0.1, 0.15) is 122 Å². The summed E-state index contributed by atoms with van der Waals surface area (Å²) in [6.45, 7) is 5.03. The van der Waals surface area contributed by atoms with Crippen molar-refractivity contribution < 1.29 is 24.3 Å². The van der Waals surface area contributed by atoms with Crippen molar-refractivity contribution in [3.63, 3.8) is 0 Å². The molecule has 0 saturated heterocycles. The monoisotopic (exact) mass is 603 g/mol. The van der Waals surface area contributed by atoms with Gasteiger partial charge < -0.3 is 26.0 Å². The first kappa shape index (κ1) is 38.0. The summed E-state index contributed by atoms with van der Waals surface area (Å²) in [7, 11) is 2.12. The van der Waals surface area contributed by atoms with E-state index in [9.17, 15) is 19.2 Å². The molecule has 0 aliphatic heterocycles. The third-order valence-electron chi connectivity index (χ3n) is 7.41. The Morgan fingerprint density at radius 2 is 1.42 bits per heavy atom. The van der Waals surface area contributed by atoms with Crippen molar-refractivity contribution in [3.8, 4) is 0 Å². The molecule has 3 amide bonds. The van der Waals surface area contributed by atoms with E-state index in [1.165, 1.54) is 0 Å². The highest BCUT2D eigenvalue weighted by Crippen LogP contribution is 2.10. The minimum Gasteiger partial charge on any atom is -0.480 e. The second kappa shape index (κ2) is 25.5. The molecule has 1 unspecified atom stereocenters. The minimum absolute atomic E-state index is 0.128. The summed E-state index contributed by atoms with van der Waals surface area (Å²) in [5, 5.41) is 17.3. The van der Waals surface area contributed by atoms with E-state index in [2.05, 4.69) is 38.9 Å². The SMILES string of the molecule is CCCC(NC(=O)NCCCCCCC(=O)CCCCCCC(=O)NCCCCCCN(C)Cc1ccccn1)C(=O)O. The summed E-state index contributed by atoms with van der Waals surface area (Å²) in [6, 6.07) is 4.71. The van der Waals surface area contributed by atoms with Gasteiger partial charge in [0.2, 0.25) is 5.91 Å². The van der Waals surface area contributed by atoms with Gasteiger partial charge in [0.15, 0.2) is 0 Å². The smallest absolute Gasteiger partial charge is 0.326 e. The lowest BCUT2D eigenvalue weighted by Gasteiger charge is -2.15. The van der Waals surface area contributed by atoms with Crippen LogP contribution in [0.4, 0.5) is 4.79 Å². The molecule has 1 heterocycles. The molecule has 0 fully saturated rings. The van der Waals surface area contributed by atoms with Crippen LogP contribution in [0.5, 0.6) is 0 Å². The Morgan fingerprint density at radius 3 is 2.02 bits per heavy atom. The average Bonchev–Trinajstić information content (AvgIpc) is 2.98. The fourth-order valence-corrected chi connectivity index (χ4v) is 4.87. The normalized spacial score (nSPS) is 11.7. The largest absolute Gasteiger partial charge is 0.480 e. The molecule has 0 aromatic carbocycles. The van der Waals surface area contributed by atoms with Crippen LogP contribution in [0.15, 0.2) is 24.4 Å². The summed E-state index contributed by atoms with van der Waals surface area (Å²) in [5.74, 6) is -0.594. The van der Waals surface area contributed by atoms with E-state index in [0.717, 1.165) is 102 Å². The van der Waals surface area contributed by atoms with Crippen molar-refractivity contribution in [2.75, 3.05) is 26.7 Å². The predicted molar refractivity (Wildman–Crippen MR) is 171 cm³/mol. The first-order chi connectivity index (χ1) is 20.8. The minimum atomic E-state index is -1.02. The molecule has 0 saturated carbocycles.